The maximum Gasteiger partial charge on any atom is 0.243 e. The Morgan fingerprint density at radius 2 is 1.79 bits per heavy atom. The number of rotatable bonds is 6. The fraction of sp³-hybridized carbons (Fsp3) is 0.650. The molecule has 8 heteroatoms. The number of hydrogen-bond acceptors (Lipinski definition) is 5. The number of hydrogen-bond donors (Lipinski definition) is 0. The molecule has 1 aromatic carbocycles. The van der Waals surface area contributed by atoms with E-state index in [1.165, 1.54) is 10.7 Å². The maximum atomic E-state index is 12.9. The normalized spacial score (nSPS) is 22.2. The molecular formula is C20H31N3O4S. The van der Waals surface area contributed by atoms with Gasteiger partial charge in [0, 0.05) is 39.3 Å². The Balaban J connectivity index is 1.53. The van der Waals surface area contributed by atoms with Gasteiger partial charge in [-0.1, -0.05) is 6.92 Å². The molecule has 28 heavy (non-hydrogen) atoms. The number of piperidine rings is 1. The van der Waals surface area contributed by atoms with Gasteiger partial charge in [0.2, 0.25) is 15.9 Å². The maximum absolute atomic E-state index is 12.9. The molecule has 0 radical (unpaired) electrons. The quantitative estimate of drug-likeness (QED) is 0.715. The molecule has 3 rings (SSSR count). The molecule has 2 aliphatic heterocycles. The number of benzene rings is 1. The molecule has 1 amide bonds. The molecule has 2 fully saturated rings. The SMILES string of the molecule is CCOc1ccc(S(=O)(=O)N2CCN(CC(=O)N3CCC[C@H](C)C3)CC2)cc1. The number of nitrogens with zero attached hydrogens (tertiary/aromatic N) is 3. The fourth-order valence-corrected chi connectivity index (χ4v) is 5.28. The number of carbonyl (C=O) groups is 1. The predicted octanol–water partition coefficient (Wildman–Crippen LogP) is 1.65. The summed E-state index contributed by atoms with van der Waals surface area (Å²) in [5, 5.41) is 0. The summed E-state index contributed by atoms with van der Waals surface area (Å²) >= 11 is 0. The lowest BCUT2D eigenvalue weighted by molar-refractivity contribution is -0.134. The zero-order valence-electron chi connectivity index (χ0n) is 16.8. The number of sulfonamides is 1. The van der Waals surface area contributed by atoms with Crippen molar-refractivity contribution in [3.8, 4) is 5.75 Å². The van der Waals surface area contributed by atoms with Crippen molar-refractivity contribution >= 4 is 15.9 Å². The van der Waals surface area contributed by atoms with E-state index in [-0.39, 0.29) is 10.8 Å². The van der Waals surface area contributed by atoms with Gasteiger partial charge in [-0.05, 0) is 49.9 Å². The van der Waals surface area contributed by atoms with Gasteiger partial charge in [0.05, 0.1) is 18.0 Å². The predicted molar refractivity (Wildman–Crippen MR) is 108 cm³/mol. The van der Waals surface area contributed by atoms with Crippen LogP contribution in [0.1, 0.15) is 26.7 Å². The number of likely N-dealkylation sites (tertiary alicyclic amines) is 1. The van der Waals surface area contributed by atoms with Gasteiger partial charge < -0.3 is 9.64 Å². The second-order valence-corrected chi connectivity index (χ2v) is 9.61. The van der Waals surface area contributed by atoms with Crippen LogP contribution in [0.25, 0.3) is 0 Å². The summed E-state index contributed by atoms with van der Waals surface area (Å²) in [7, 11) is -3.52. The molecule has 1 atom stereocenters. The first-order valence-corrected chi connectivity index (χ1v) is 11.6. The molecule has 0 unspecified atom stereocenters. The zero-order valence-corrected chi connectivity index (χ0v) is 17.7. The highest BCUT2D eigenvalue weighted by Crippen LogP contribution is 2.21. The standard InChI is InChI=1S/C20H31N3O4S/c1-3-27-18-6-8-19(9-7-18)28(25,26)23-13-11-21(12-14-23)16-20(24)22-10-4-5-17(2)15-22/h6-9,17H,3-5,10-16H2,1-2H3/t17-/m0/s1. The third-order valence-corrected chi connectivity index (χ3v) is 7.39. The molecule has 0 aromatic heterocycles. The van der Waals surface area contributed by atoms with E-state index in [4.69, 9.17) is 4.74 Å². The molecule has 2 saturated heterocycles. The largest absolute Gasteiger partial charge is 0.494 e. The Kier molecular flexibility index (Phi) is 6.95. The van der Waals surface area contributed by atoms with E-state index in [1.54, 1.807) is 24.3 Å². The lowest BCUT2D eigenvalue weighted by Gasteiger charge is -2.36. The topological polar surface area (TPSA) is 70.2 Å². The van der Waals surface area contributed by atoms with Gasteiger partial charge in [0.25, 0.3) is 0 Å². The third kappa shape index (κ3) is 5.04. The molecule has 0 spiro atoms. The van der Waals surface area contributed by atoms with E-state index in [1.807, 2.05) is 11.8 Å². The minimum absolute atomic E-state index is 0.161. The van der Waals surface area contributed by atoms with E-state index in [2.05, 4.69) is 11.8 Å². The second kappa shape index (κ2) is 9.24. The number of ether oxygens (including phenoxy) is 1. The molecule has 0 saturated carbocycles. The minimum atomic E-state index is -3.52. The minimum Gasteiger partial charge on any atom is -0.494 e. The van der Waals surface area contributed by atoms with Crippen molar-refractivity contribution < 1.29 is 17.9 Å². The first kappa shape index (κ1) is 21.1. The van der Waals surface area contributed by atoms with Crippen molar-refractivity contribution in [3.63, 3.8) is 0 Å². The van der Waals surface area contributed by atoms with Crippen molar-refractivity contribution in [1.29, 1.82) is 0 Å². The van der Waals surface area contributed by atoms with Crippen LogP contribution in [0.4, 0.5) is 0 Å². The van der Waals surface area contributed by atoms with Crippen molar-refractivity contribution in [2.45, 2.75) is 31.6 Å². The van der Waals surface area contributed by atoms with E-state index >= 15 is 0 Å². The molecule has 2 aliphatic rings. The molecule has 1 aromatic rings. The average molecular weight is 410 g/mol. The van der Waals surface area contributed by atoms with E-state index in [0.717, 1.165) is 19.5 Å². The summed E-state index contributed by atoms with van der Waals surface area (Å²) in [6, 6.07) is 6.55. The molecular weight excluding hydrogens is 378 g/mol. The highest BCUT2D eigenvalue weighted by Gasteiger charge is 2.30. The van der Waals surface area contributed by atoms with Gasteiger partial charge in [-0.3, -0.25) is 9.69 Å². The Bertz CT molecular complexity index is 758. The summed E-state index contributed by atoms with van der Waals surface area (Å²) in [5.41, 5.74) is 0. The first-order chi connectivity index (χ1) is 13.4. The summed E-state index contributed by atoms with van der Waals surface area (Å²) in [6.45, 7) is 8.63. The van der Waals surface area contributed by atoms with Crippen LogP contribution in [0, 0.1) is 5.92 Å². The highest BCUT2D eigenvalue weighted by atomic mass is 32.2. The van der Waals surface area contributed by atoms with Crippen LogP contribution in [0.2, 0.25) is 0 Å². The molecule has 0 bridgehead atoms. The third-order valence-electron chi connectivity index (χ3n) is 5.47. The lowest BCUT2D eigenvalue weighted by atomic mass is 10.0. The van der Waals surface area contributed by atoms with Crippen LogP contribution in [-0.4, -0.2) is 80.9 Å². The van der Waals surface area contributed by atoms with Crippen LogP contribution >= 0.6 is 0 Å². The van der Waals surface area contributed by atoms with Crippen molar-refractivity contribution in [2.75, 3.05) is 52.4 Å². The summed E-state index contributed by atoms with van der Waals surface area (Å²) in [6.07, 6.45) is 2.26. The molecule has 0 aliphatic carbocycles. The van der Waals surface area contributed by atoms with Crippen LogP contribution in [-0.2, 0) is 14.8 Å². The van der Waals surface area contributed by atoms with Crippen molar-refractivity contribution in [2.24, 2.45) is 5.92 Å². The van der Waals surface area contributed by atoms with E-state index in [9.17, 15) is 13.2 Å². The Hall–Kier alpha value is -1.64. The molecule has 156 valence electrons. The molecule has 2 heterocycles. The number of carbonyl (C=O) groups excluding carboxylic acids is 1. The zero-order chi connectivity index (χ0) is 20.1. The van der Waals surface area contributed by atoms with Crippen molar-refractivity contribution in [3.05, 3.63) is 24.3 Å². The molecule has 7 nitrogen and oxygen atoms in total. The van der Waals surface area contributed by atoms with Crippen LogP contribution < -0.4 is 4.74 Å². The Morgan fingerprint density at radius 3 is 2.39 bits per heavy atom. The fourth-order valence-electron chi connectivity index (χ4n) is 3.86. The van der Waals surface area contributed by atoms with Gasteiger partial charge >= 0.3 is 0 Å². The smallest absolute Gasteiger partial charge is 0.243 e. The van der Waals surface area contributed by atoms with Crippen LogP contribution in [0.15, 0.2) is 29.2 Å². The Morgan fingerprint density at radius 1 is 1.11 bits per heavy atom. The van der Waals surface area contributed by atoms with Gasteiger partial charge in [-0.25, -0.2) is 8.42 Å². The van der Waals surface area contributed by atoms with E-state index < -0.39 is 10.0 Å². The first-order valence-electron chi connectivity index (χ1n) is 10.1. The van der Waals surface area contributed by atoms with Gasteiger partial charge in [0.15, 0.2) is 0 Å². The summed E-state index contributed by atoms with van der Waals surface area (Å²) in [5.74, 6) is 1.39. The van der Waals surface area contributed by atoms with Crippen LogP contribution in [0.3, 0.4) is 0 Å². The average Bonchev–Trinajstić information content (AvgIpc) is 2.69. The monoisotopic (exact) mass is 409 g/mol. The van der Waals surface area contributed by atoms with Crippen molar-refractivity contribution in [1.82, 2.24) is 14.1 Å². The summed E-state index contributed by atoms with van der Waals surface area (Å²) < 4.78 is 32.6. The lowest BCUT2D eigenvalue weighted by Crippen LogP contribution is -2.52. The van der Waals surface area contributed by atoms with Crippen LogP contribution in [0.5, 0.6) is 5.75 Å². The number of piperazine rings is 1. The Labute approximate surface area is 168 Å². The van der Waals surface area contributed by atoms with Gasteiger partial charge in [0.1, 0.15) is 5.75 Å². The number of amides is 1. The summed E-state index contributed by atoms with van der Waals surface area (Å²) in [4.78, 5) is 16.8. The highest BCUT2D eigenvalue weighted by molar-refractivity contribution is 7.89. The van der Waals surface area contributed by atoms with Gasteiger partial charge in [-0.15, -0.1) is 0 Å². The van der Waals surface area contributed by atoms with Gasteiger partial charge in [-0.2, -0.15) is 4.31 Å². The molecule has 0 N–H and O–H groups in total. The van der Waals surface area contributed by atoms with E-state index in [0.29, 0.717) is 51.0 Å². The second-order valence-electron chi connectivity index (χ2n) is 7.67.